The van der Waals surface area contributed by atoms with Gasteiger partial charge in [-0.2, -0.15) is 13.2 Å². The van der Waals surface area contributed by atoms with Crippen molar-refractivity contribution in [2.75, 3.05) is 12.3 Å². The number of nitrogens with two attached hydrogens (primary N) is 1. The van der Waals surface area contributed by atoms with E-state index in [1.165, 1.54) is 12.1 Å². The van der Waals surface area contributed by atoms with Gasteiger partial charge in [0.1, 0.15) is 5.82 Å². The Morgan fingerprint density at radius 2 is 1.88 bits per heavy atom. The minimum Gasteiger partial charge on any atom is -0.399 e. The molecule has 0 aromatic heterocycles. The number of nitrogen functional groups attached to an aromatic ring is 1. The van der Waals surface area contributed by atoms with E-state index in [-0.39, 0.29) is 25.3 Å². The van der Waals surface area contributed by atoms with E-state index in [1.807, 2.05) is 0 Å². The summed E-state index contributed by atoms with van der Waals surface area (Å²) in [5, 5.41) is 0. The highest BCUT2D eigenvalue weighted by molar-refractivity contribution is 5.41. The molecule has 1 rings (SSSR count). The van der Waals surface area contributed by atoms with Crippen LogP contribution in [0.5, 0.6) is 0 Å². The average molecular weight is 251 g/mol. The third kappa shape index (κ3) is 6.11. The first-order chi connectivity index (χ1) is 7.87. The Bertz CT molecular complexity index is 345. The van der Waals surface area contributed by atoms with Gasteiger partial charge in [-0.05, 0) is 30.2 Å². The molecule has 0 fully saturated rings. The molecule has 96 valence electrons. The minimum atomic E-state index is -4.16. The molecule has 0 aliphatic rings. The van der Waals surface area contributed by atoms with E-state index in [9.17, 15) is 17.6 Å². The van der Waals surface area contributed by atoms with Crippen molar-refractivity contribution in [3.8, 4) is 0 Å². The molecule has 0 radical (unpaired) electrons. The van der Waals surface area contributed by atoms with E-state index in [0.717, 1.165) is 6.07 Å². The van der Waals surface area contributed by atoms with Gasteiger partial charge in [-0.3, -0.25) is 0 Å². The van der Waals surface area contributed by atoms with Crippen LogP contribution >= 0.6 is 0 Å². The van der Waals surface area contributed by atoms with Crippen molar-refractivity contribution >= 4 is 5.69 Å². The van der Waals surface area contributed by atoms with Crippen LogP contribution in [0.1, 0.15) is 18.4 Å². The van der Waals surface area contributed by atoms with Crippen molar-refractivity contribution < 1.29 is 22.3 Å². The molecule has 2 nitrogen and oxygen atoms in total. The Morgan fingerprint density at radius 3 is 2.47 bits per heavy atom. The zero-order valence-corrected chi connectivity index (χ0v) is 9.06. The molecular weight excluding hydrogens is 238 g/mol. The van der Waals surface area contributed by atoms with Crippen molar-refractivity contribution in [1.82, 2.24) is 0 Å². The van der Waals surface area contributed by atoms with Gasteiger partial charge in [-0.25, -0.2) is 4.39 Å². The fourth-order valence-electron chi connectivity index (χ4n) is 1.32. The fraction of sp³-hybridized carbons (Fsp3) is 0.455. The van der Waals surface area contributed by atoms with Crippen LogP contribution in [-0.2, 0) is 11.3 Å². The lowest BCUT2D eigenvalue weighted by Gasteiger charge is -2.07. The second-order valence-electron chi connectivity index (χ2n) is 3.66. The summed E-state index contributed by atoms with van der Waals surface area (Å²) in [6.45, 7) is 0.0374. The Balaban J connectivity index is 2.27. The lowest BCUT2D eigenvalue weighted by Crippen LogP contribution is -2.08. The molecule has 0 unspecified atom stereocenters. The summed E-state index contributed by atoms with van der Waals surface area (Å²) < 4.78 is 53.2. The lowest BCUT2D eigenvalue weighted by atomic mass is 10.2. The Morgan fingerprint density at radius 1 is 1.18 bits per heavy atom. The third-order valence-corrected chi connectivity index (χ3v) is 2.00. The molecule has 0 saturated heterocycles. The summed E-state index contributed by atoms with van der Waals surface area (Å²) in [5.74, 6) is -0.487. The maximum atomic E-state index is 12.9. The summed E-state index contributed by atoms with van der Waals surface area (Å²) in [5.41, 5.74) is 6.17. The van der Waals surface area contributed by atoms with E-state index in [4.69, 9.17) is 10.5 Å². The predicted molar refractivity (Wildman–Crippen MR) is 55.8 cm³/mol. The molecule has 1 aromatic carbocycles. The van der Waals surface area contributed by atoms with Crippen molar-refractivity contribution in [1.29, 1.82) is 0 Å². The monoisotopic (exact) mass is 251 g/mol. The zero-order valence-electron chi connectivity index (χ0n) is 9.06. The van der Waals surface area contributed by atoms with Crippen LogP contribution in [0.3, 0.4) is 0 Å². The highest BCUT2D eigenvalue weighted by atomic mass is 19.4. The standard InChI is InChI=1S/C11H13F4NO/c12-9-4-8(5-10(16)6-9)7-17-3-1-2-11(13,14)15/h4-6H,1-3,7,16H2. The van der Waals surface area contributed by atoms with Crippen LogP contribution in [0, 0.1) is 5.82 Å². The number of alkyl halides is 3. The molecule has 0 amide bonds. The van der Waals surface area contributed by atoms with Crippen molar-refractivity contribution in [2.45, 2.75) is 25.6 Å². The Kier molecular flexibility index (Phi) is 4.74. The van der Waals surface area contributed by atoms with Crippen molar-refractivity contribution in [3.05, 3.63) is 29.6 Å². The number of benzene rings is 1. The molecule has 1 aromatic rings. The first-order valence-corrected chi connectivity index (χ1v) is 5.06. The van der Waals surface area contributed by atoms with Gasteiger partial charge >= 0.3 is 6.18 Å². The molecule has 6 heteroatoms. The van der Waals surface area contributed by atoms with Gasteiger partial charge in [0, 0.05) is 18.7 Å². The molecule has 0 spiro atoms. The normalized spacial score (nSPS) is 11.8. The van der Waals surface area contributed by atoms with Gasteiger partial charge in [0.2, 0.25) is 0 Å². The third-order valence-electron chi connectivity index (χ3n) is 2.00. The number of rotatable bonds is 5. The summed E-state index contributed by atoms with van der Waals surface area (Å²) in [6, 6.07) is 3.92. The number of anilines is 1. The van der Waals surface area contributed by atoms with Gasteiger partial charge in [-0.1, -0.05) is 0 Å². The largest absolute Gasteiger partial charge is 0.399 e. The van der Waals surface area contributed by atoms with Gasteiger partial charge in [0.25, 0.3) is 0 Å². The zero-order chi connectivity index (χ0) is 12.9. The molecule has 0 atom stereocenters. The first kappa shape index (κ1) is 13.8. The molecule has 0 bridgehead atoms. The van der Waals surface area contributed by atoms with Gasteiger partial charge in [0.05, 0.1) is 6.61 Å². The van der Waals surface area contributed by atoms with Crippen LogP contribution < -0.4 is 5.73 Å². The second kappa shape index (κ2) is 5.86. The van der Waals surface area contributed by atoms with Gasteiger partial charge in [0.15, 0.2) is 0 Å². The predicted octanol–water partition coefficient (Wildman–Crippen LogP) is 3.27. The smallest absolute Gasteiger partial charge is 0.389 e. The molecule has 17 heavy (non-hydrogen) atoms. The summed E-state index contributed by atoms with van der Waals surface area (Å²) in [7, 11) is 0. The summed E-state index contributed by atoms with van der Waals surface area (Å²) in [4.78, 5) is 0. The van der Waals surface area contributed by atoms with Crippen LogP contribution in [-0.4, -0.2) is 12.8 Å². The highest BCUT2D eigenvalue weighted by Crippen LogP contribution is 2.21. The van der Waals surface area contributed by atoms with Crippen LogP contribution in [0.25, 0.3) is 0 Å². The maximum Gasteiger partial charge on any atom is 0.389 e. The molecule has 2 N–H and O–H groups in total. The topological polar surface area (TPSA) is 35.2 Å². The SMILES string of the molecule is Nc1cc(F)cc(COCCCC(F)(F)F)c1. The number of hydrogen-bond donors (Lipinski definition) is 1. The number of halogens is 4. The number of ether oxygens (including phenoxy) is 1. The molecule has 0 heterocycles. The second-order valence-corrected chi connectivity index (χ2v) is 3.66. The first-order valence-electron chi connectivity index (χ1n) is 5.06. The molecule has 0 aliphatic carbocycles. The van der Waals surface area contributed by atoms with Gasteiger partial charge in [-0.15, -0.1) is 0 Å². The Labute approximate surface area is 96.4 Å². The number of hydrogen-bond acceptors (Lipinski definition) is 2. The Hall–Kier alpha value is -1.30. The van der Waals surface area contributed by atoms with Gasteiger partial charge < -0.3 is 10.5 Å². The summed E-state index contributed by atoms with van der Waals surface area (Å²) in [6.07, 6.45) is -5.14. The fourth-order valence-corrected chi connectivity index (χ4v) is 1.32. The van der Waals surface area contributed by atoms with E-state index in [2.05, 4.69) is 0 Å². The van der Waals surface area contributed by atoms with E-state index in [0.29, 0.717) is 5.56 Å². The highest BCUT2D eigenvalue weighted by Gasteiger charge is 2.25. The quantitative estimate of drug-likeness (QED) is 0.495. The molecular formula is C11H13F4NO. The van der Waals surface area contributed by atoms with E-state index < -0.39 is 18.4 Å². The minimum absolute atomic E-state index is 0.0179. The van der Waals surface area contributed by atoms with Crippen molar-refractivity contribution in [2.24, 2.45) is 0 Å². The van der Waals surface area contributed by atoms with Crippen LogP contribution in [0.15, 0.2) is 18.2 Å². The van der Waals surface area contributed by atoms with E-state index >= 15 is 0 Å². The van der Waals surface area contributed by atoms with E-state index in [1.54, 1.807) is 0 Å². The molecule has 0 saturated carbocycles. The van der Waals surface area contributed by atoms with Crippen LogP contribution in [0.4, 0.5) is 23.2 Å². The molecule has 0 aliphatic heterocycles. The summed E-state index contributed by atoms with van der Waals surface area (Å²) >= 11 is 0. The van der Waals surface area contributed by atoms with Crippen LogP contribution in [0.2, 0.25) is 0 Å². The van der Waals surface area contributed by atoms with Crippen molar-refractivity contribution in [3.63, 3.8) is 0 Å². The lowest BCUT2D eigenvalue weighted by molar-refractivity contribution is -0.138. The average Bonchev–Trinajstić information content (AvgIpc) is 2.13. The maximum absolute atomic E-state index is 12.9.